The Hall–Kier alpha value is -3.56. The van der Waals surface area contributed by atoms with Crippen molar-refractivity contribution in [3.05, 3.63) is 71.0 Å². The Labute approximate surface area is 195 Å². The fourth-order valence-corrected chi connectivity index (χ4v) is 3.93. The number of urea groups is 1. The second kappa shape index (κ2) is 11.0. The number of carbonyl (C=O) groups excluding carboxylic acids is 1. The number of piperidine rings is 1. The maximum absolute atomic E-state index is 15.0. The summed E-state index contributed by atoms with van der Waals surface area (Å²) in [4.78, 5) is 16.7. The highest BCUT2D eigenvalue weighted by Gasteiger charge is 2.25. The van der Waals surface area contributed by atoms with Crippen molar-refractivity contribution in [2.45, 2.75) is 38.7 Å². The summed E-state index contributed by atoms with van der Waals surface area (Å²) in [6.07, 6.45) is 0.735. The lowest BCUT2D eigenvalue weighted by molar-refractivity contribution is 0.141. The largest absolute Gasteiger partial charge is 0.415 e. The summed E-state index contributed by atoms with van der Waals surface area (Å²) in [5.41, 5.74) is 3.69. The van der Waals surface area contributed by atoms with E-state index in [-0.39, 0.29) is 24.0 Å². The monoisotopic (exact) mass is 473 g/mol. The van der Waals surface area contributed by atoms with Gasteiger partial charge in [-0.2, -0.15) is 14.3 Å². The van der Waals surface area contributed by atoms with Crippen LogP contribution in [-0.4, -0.2) is 53.7 Å². The van der Waals surface area contributed by atoms with Gasteiger partial charge in [-0.1, -0.05) is 36.4 Å². The molecule has 180 valence electrons. The van der Waals surface area contributed by atoms with Gasteiger partial charge in [0.05, 0.1) is 6.54 Å². The first-order valence-corrected chi connectivity index (χ1v) is 11.2. The summed E-state index contributed by atoms with van der Waals surface area (Å²) in [6, 6.07) is 13.9. The molecule has 1 saturated heterocycles. The van der Waals surface area contributed by atoms with Crippen molar-refractivity contribution < 1.29 is 22.7 Å². The van der Waals surface area contributed by atoms with Crippen LogP contribution in [0.1, 0.15) is 36.0 Å². The molecule has 0 aromatic heterocycles. The number of benzene rings is 2. The molecule has 1 N–H and O–H groups in total. The van der Waals surface area contributed by atoms with E-state index in [2.05, 4.69) is 15.7 Å². The van der Waals surface area contributed by atoms with Crippen LogP contribution in [-0.2, 0) is 17.7 Å². The van der Waals surface area contributed by atoms with Gasteiger partial charge in [0.1, 0.15) is 5.82 Å². The summed E-state index contributed by atoms with van der Waals surface area (Å²) in [5.74, 6) is -1.63. The maximum Gasteiger partial charge on any atom is 0.320 e. The standard InChI is InChI=1S/C24H26F3N5O2/c25-20-15-18(22-28-30-29-23(34-22)21(26)27)9-10-19(20)16-32(14-11-17-7-3-1-4-8-17)24(33)31-12-5-2-6-13-31/h1,3-4,7-10,15,21,30H,2,5-6,11-14,16H2. The van der Waals surface area contributed by atoms with E-state index in [4.69, 9.17) is 4.74 Å². The van der Waals surface area contributed by atoms with Crippen molar-refractivity contribution >= 4 is 17.8 Å². The number of ether oxygens (including phenoxy) is 1. The number of carbonyl (C=O) groups is 1. The third-order valence-electron chi connectivity index (χ3n) is 5.77. The number of amides is 2. The molecule has 0 bridgehead atoms. The minimum Gasteiger partial charge on any atom is -0.415 e. The zero-order valence-corrected chi connectivity index (χ0v) is 18.6. The second-order valence-electron chi connectivity index (χ2n) is 8.16. The third kappa shape index (κ3) is 5.86. The second-order valence-corrected chi connectivity index (χ2v) is 8.16. The molecule has 2 aliphatic rings. The van der Waals surface area contributed by atoms with Gasteiger partial charge in [-0.25, -0.2) is 9.18 Å². The van der Waals surface area contributed by atoms with E-state index in [1.807, 2.05) is 35.2 Å². The van der Waals surface area contributed by atoms with Crippen molar-refractivity contribution in [2.24, 2.45) is 10.2 Å². The molecule has 2 aromatic carbocycles. The maximum atomic E-state index is 15.0. The summed E-state index contributed by atoms with van der Waals surface area (Å²) in [6.45, 7) is 1.92. The van der Waals surface area contributed by atoms with Crippen LogP contribution < -0.4 is 5.53 Å². The summed E-state index contributed by atoms with van der Waals surface area (Å²) >= 11 is 0. The summed E-state index contributed by atoms with van der Waals surface area (Å²) in [7, 11) is 0. The van der Waals surface area contributed by atoms with Crippen LogP contribution in [0, 0.1) is 5.82 Å². The number of halogens is 3. The van der Waals surface area contributed by atoms with Crippen molar-refractivity contribution in [3.8, 4) is 0 Å². The van der Waals surface area contributed by atoms with Crippen molar-refractivity contribution in [3.63, 3.8) is 0 Å². The molecule has 1 fully saturated rings. The lowest BCUT2D eigenvalue weighted by Gasteiger charge is -2.33. The van der Waals surface area contributed by atoms with Gasteiger partial charge >= 0.3 is 12.5 Å². The van der Waals surface area contributed by atoms with E-state index in [1.54, 1.807) is 4.90 Å². The van der Waals surface area contributed by atoms with Crippen LogP contribution in [0.2, 0.25) is 0 Å². The van der Waals surface area contributed by atoms with Gasteiger partial charge in [0.25, 0.3) is 5.90 Å². The molecule has 0 spiro atoms. The Kier molecular flexibility index (Phi) is 7.66. The predicted molar refractivity (Wildman–Crippen MR) is 122 cm³/mol. The highest BCUT2D eigenvalue weighted by Crippen LogP contribution is 2.19. The van der Waals surface area contributed by atoms with E-state index in [9.17, 15) is 13.6 Å². The first kappa shape index (κ1) is 23.6. The van der Waals surface area contributed by atoms with Crippen LogP contribution in [0.25, 0.3) is 0 Å². The van der Waals surface area contributed by atoms with Crippen molar-refractivity contribution in [1.29, 1.82) is 0 Å². The molecule has 4 rings (SSSR count). The van der Waals surface area contributed by atoms with Crippen molar-refractivity contribution in [1.82, 2.24) is 15.3 Å². The summed E-state index contributed by atoms with van der Waals surface area (Å²) in [5, 5.41) is 6.96. The van der Waals surface area contributed by atoms with Crippen LogP contribution >= 0.6 is 0 Å². The molecule has 0 aliphatic carbocycles. The fraction of sp³-hybridized carbons (Fsp3) is 0.375. The molecule has 34 heavy (non-hydrogen) atoms. The number of alkyl halides is 2. The van der Waals surface area contributed by atoms with E-state index >= 15 is 4.39 Å². The van der Waals surface area contributed by atoms with Gasteiger partial charge in [0.15, 0.2) is 0 Å². The number of nitrogens with one attached hydrogen (secondary N) is 1. The number of hydrogen-bond donors (Lipinski definition) is 1. The zero-order valence-electron chi connectivity index (χ0n) is 18.6. The molecular formula is C24H26F3N5O2. The fourth-order valence-electron chi connectivity index (χ4n) is 3.93. The molecule has 2 aliphatic heterocycles. The van der Waals surface area contributed by atoms with Gasteiger partial charge in [-0.3, -0.25) is 0 Å². The van der Waals surface area contributed by atoms with E-state index in [0.29, 0.717) is 31.6 Å². The number of nitrogens with zero attached hydrogens (tertiary/aromatic N) is 4. The van der Waals surface area contributed by atoms with Gasteiger partial charge < -0.3 is 14.5 Å². The first-order valence-electron chi connectivity index (χ1n) is 11.2. The Balaban J connectivity index is 1.49. The smallest absolute Gasteiger partial charge is 0.320 e. The average molecular weight is 473 g/mol. The number of rotatable bonds is 7. The van der Waals surface area contributed by atoms with Gasteiger partial charge in [-0.15, -0.1) is 10.2 Å². The van der Waals surface area contributed by atoms with Crippen LogP contribution in [0.3, 0.4) is 0 Å². The molecule has 0 unspecified atom stereocenters. The first-order chi connectivity index (χ1) is 16.5. The average Bonchev–Trinajstić information content (AvgIpc) is 2.88. The molecule has 2 aromatic rings. The van der Waals surface area contributed by atoms with Gasteiger partial charge in [-0.05, 0) is 43.4 Å². The minimum absolute atomic E-state index is 0.0869. The minimum atomic E-state index is -2.93. The number of likely N-dealkylation sites (tertiary alicyclic amines) is 1. The van der Waals surface area contributed by atoms with Crippen LogP contribution in [0.5, 0.6) is 0 Å². The molecule has 0 radical (unpaired) electrons. The molecule has 7 nitrogen and oxygen atoms in total. The van der Waals surface area contributed by atoms with Crippen LogP contribution in [0.15, 0.2) is 58.7 Å². The number of hydrogen-bond acceptors (Lipinski definition) is 5. The molecule has 0 saturated carbocycles. The Morgan fingerprint density at radius 1 is 1.09 bits per heavy atom. The lowest BCUT2D eigenvalue weighted by Crippen LogP contribution is -2.46. The molecular weight excluding hydrogens is 447 g/mol. The third-order valence-corrected chi connectivity index (χ3v) is 5.77. The SMILES string of the molecule is O=C(N1CCCCC1)N(CCc1ccccc1)Cc1ccc(C2=NNN=C(C(F)F)O2)cc1F. The Morgan fingerprint density at radius 3 is 2.56 bits per heavy atom. The van der Waals surface area contributed by atoms with Gasteiger partial charge in [0.2, 0.25) is 5.90 Å². The topological polar surface area (TPSA) is 69.5 Å². The normalized spacial score (nSPS) is 15.8. The predicted octanol–water partition coefficient (Wildman–Crippen LogP) is 4.34. The van der Waals surface area contributed by atoms with Crippen molar-refractivity contribution in [2.75, 3.05) is 19.6 Å². The molecule has 10 heteroatoms. The van der Waals surface area contributed by atoms with Gasteiger partial charge in [0, 0.05) is 30.8 Å². The van der Waals surface area contributed by atoms with E-state index in [0.717, 1.165) is 30.9 Å². The molecule has 2 heterocycles. The number of hydrazone groups is 2. The quantitative estimate of drug-likeness (QED) is 0.651. The Bertz CT molecular complexity index is 1060. The molecule has 0 atom stereocenters. The highest BCUT2D eigenvalue weighted by molar-refractivity contribution is 6.03. The van der Waals surface area contributed by atoms with Crippen LogP contribution in [0.4, 0.5) is 18.0 Å². The van der Waals surface area contributed by atoms with E-state index in [1.165, 1.54) is 12.1 Å². The highest BCUT2D eigenvalue weighted by atomic mass is 19.3. The lowest BCUT2D eigenvalue weighted by atomic mass is 10.1. The van der Waals surface area contributed by atoms with E-state index < -0.39 is 18.1 Å². The Morgan fingerprint density at radius 2 is 1.85 bits per heavy atom. The summed E-state index contributed by atoms with van der Waals surface area (Å²) < 4.78 is 45.7. The molecule has 2 amide bonds. The zero-order chi connectivity index (χ0) is 23.9.